The Morgan fingerprint density at radius 1 is 1.32 bits per heavy atom. The molecule has 0 unspecified atom stereocenters. The molecule has 0 radical (unpaired) electrons. The first kappa shape index (κ1) is 15.6. The number of carbonyl (C=O) groups is 1. The summed E-state index contributed by atoms with van der Waals surface area (Å²) in [6.07, 6.45) is 0. The molecule has 1 aromatic rings. The minimum Gasteiger partial charge on any atom is -0.389 e. The molecule has 0 aromatic heterocycles. The molecule has 1 aromatic carbocycles. The van der Waals surface area contributed by atoms with Crippen molar-refractivity contribution < 1.29 is 4.79 Å². The van der Waals surface area contributed by atoms with E-state index in [4.69, 9.17) is 18.0 Å². The molecule has 0 aliphatic carbocycles. The lowest BCUT2D eigenvalue weighted by molar-refractivity contribution is 0.0948. The molecular formula is C14H21N3OS. The fraction of sp³-hybridized carbons (Fsp3) is 0.429. The van der Waals surface area contributed by atoms with E-state index >= 15 is 0 Å². The number of thiocarbonyl (C=S) groups is 1. The van der Waals surface area contributed by atoms with Crippen LogP contribution in [-0.2, 0) is 0 Å². The average Bonchev–Trinajstić information content (AvgIpc) is 2.38. The van der Waals surface area contributed by atoms with Crippen LogP contribution >= 0.6 is 12.2 Å². The van der Waals surface area contributed by atoms with Crippen molar-refractivity contribution in [2.24, 2.45) is 5.73 Å². The molecule has 0 saturated carbocycles. The Balaban J connectivity index is 2.48. The second-order valence-corrected chi connectivity index (χ2v) is 5.21. The number of amides is 1. The lowest BCUT2D eigenvalue weighted by atomic mass is 10.1. The van der Waals surface area contributed by atoms with Crippen molar-refractivity contribution in [2.45, 2.75) is 19.9 Å². The molecule has 0 aliphatic heterocycles. The van der Waals surface area contributed by atoms with Gasteiger partial charge in [-0.15, -0.1) is 0 Å². The summed E-state index contributed by atoms with van der Waals surface area (Å²) in [7, 11) is 2.04. The van der Waals surface area contributed by atoms with Gasteiger partial charge in [0.25, 0.3) is 5.91 Å². The van der Waals surface area contributed by atoms with E-state index in [2.05, 4.69) is 24.1 Å². The van der Waals surface area contributed by atoms with Gasteiger partial charge in [-0.2, -0.15) is 0 Å². The maximum Gasteiger partial charge on any atom is 0.251 e. The Kier molecular flexibility index (Phi) is 5.92. The third-order valence-corrected chi connectivity index (χ3v) is 3.30. The summed E-state index contributed by atoms with van der Waals surface area (Å²) >= 11 is 4.87. The molecule has 0 saturated heterocycles. The van der Waals surface area contributed by atoms with Crippen LogP contribution in [0, 0.1) is 0 Å². The number of carbonyl (C=O) groups excluding carboxylic acids is 1. The van der Waals surface area contributed by atoms with E-state index in [-0.39, 0.29) is 5.91 Å². The van der Waals surface area contributed by atoms with Crippen molar-refractivity contribution in [3.63, 3.8) is 0 Å². The number of nitrogens with one attached hydrogen (secondary N) is 1. The van der Waals surface area contributed by atoms with Crippen molar-refractivity contribution in [3.05, 3.63) is 35.4 Å². The maximum atomic E-state index is 11.9. The van der Waals surface area contributed by atoms with Crippen molar-refractivity contribution in [1.82, 2.24) is 10.2 Å². The molecule has 1 amide bonds. The molecule has 0 atom stereocenters. The van der Waals surface area contributed by atoms with E-state index in [1.807, 2.05) is 7.05 Å². The largest absolute Gasteiger partial charge is 0.389 e. The molecular weight excluding hydrogens is 258 g/mol. The van der Waals surface area contributed by atoms with E-state index in [1.165, 1.54) is 0 Å². The van der Waals surface area contributed by atoms with E-state index in [9.17, 15) is 4.79 Å². The van der Waals surface area contributed by atoms with Gasteiger partial charge in [0.2, 0.25) is 0 Å². The topological polar surface area (TPSA) is 58.4 Å². The number of nitrogens with zero attached hydrogens (tertiary/aromatic N) is 1. The van der Waals surface area contributed by atoms with E-state index in [0.717, 1.165) is 12.1 Å². The molecule has 3 N–H and O–H groups in total. The van der Waals surface area contributed by atoms with Gasteiger partial charge in [0.1, 0.15) is 4.99 Å². The van der Waals surface area contributed by atoms with Gasteiger partial charge in [-0.25, -0.2) is 0 Å². The summed E-state index contributed by atoms with van der Waals surface area (Å²) in [4.78, 5) is 14.4. The minimum absolute atomic E-state index is 0.0772. The van der Waals surface area contributed by atoms with Gasteiger partial charge in [0, 0.05) is 30.3 Å². The molecule has 0 spiro atoms. The lowest BCUT2D eigenvalue weighted by Gasteiger charge is -2.20. The predicted octanol–water partition coefficient (Wildman–Crippen LogP) is 1.39. The van der Waals surface area contributed by atoms with Gasteiger partial charge in [-0.3, -0.25) is 4.79 Å². The van der Waals surface area contributed by atoms with Crippen molar-refractivity contribution in [2.75, 3.05) is 20.1 Å². The second-order valence-electron chi connectivity index (χ2n) is 4.77. The number of nitrogens with two attached hydrogens (primary N) is 1. The standard InChI is InChI=1S/C14H21N3OS/c1-10(2)17(3)9-8-16-14(18)12-6-4-11(5-7-12)13(15)19/h4-7,10H,8-9H2,1-3H3,(H2,15,19)(H,16,18). The Morgan fingerprint density at radius 2 is 1.84 bits per heavy atom. The van der Waals surface area contributed by atoms with Gasteiger partial charge in [0.05, 0.1) is 0 Å². The van der Waals surface area contributed by atoms with Crippen LogP contribution in [0.4, 0.5) is 0 Å². The molecule has 0 aliphatic rings. The maximum absolute atomic E-state index is 11.9. The third-order valence-electron chi connectivity index (χ3n) is 3.06. The first-order chi connectivity index (χ1) is 8.91. The summed E-state index contributed by atoms with van der Waals surface area (Å²) in [5.74, 6) is -0.0772. The molecule has 0 fully saturated rings. The van der Waals surface area contributed by atoms with Crippen LogP contribution in [0.2, 0.25) is 0 Å². The lowest BCUT2D eigenvalue weighted by Crippen LogP contribution is -2.36. The zero-order valence-electron chi connectivity index (χ0n) is 11.6. The fourth-order valence-corrected chi connectivity index (χ4v) is 1.63. The number of likely N-dealkylation sites (N-methyl/N-ethyl adjacent to an activating group) is 1. The Hall–Kier alpha value is -1.46. The normalized spacial score (nSPS) is 10.8. The molecule has 104 valence electrons. The number of benzene rings is 1. The Morgan fingerprint density at radius 3 is 2.32 bits per heavy atom. The highest BCUT2D eigenvalue weighted by molar-refractivity contribution is 7.80. The summed E-state index contributed by atoms with van der Waals surface area (Å²) in [6, 6.07) is 7.46. The molecule has 1 rings (SSSR count). The zero-order chi connectivity index (χ0) is 14.4. The SMILES string of the molecule is CC(C)N(C)CCNC(=O)c1ccc(C(N)=S)cc1. The van der Waals surface area contributed by atoms with Gasteiger partial charge in [-0.1, -0.05) is 24.4 Å². The summed E-state index contributed by atoms with van der Waals surface area (Å²) < 4.78 is 0. The van der Waals surface area contributed by atoms with Crippen molar-refractivity contribution >= 4 is 23.1 Å². The van der Waals surface area contributed by atoms with Gasteiger partial charge < -0.3 is 16.0 Å². The van der Waals surface area contributed by atoms with E-state index < -0.39 is 0 Å². The fourth-order valence-electron chi connectivity index (χ4n) is 1.49. The summed E-state index contributed by atoms with van der Waals surface area (Å²) in [5, 5.41) is 2.89. The first-order valence-corrected chi connectivity index (χ1v) is 6.71. The molecule has 0 heterocycles. The average molecular weight is 279 g/mol. The van der Waals surface area contributed by atoms with Crippen LogP contribution in [0.5, 0.6) is 0 Å². The van der Waals surface area contributed by atoms with E-state index in [0.29, 0.717) is 23.1 Å². The van der Waals surface area contributed by atoms with Gasteiger partial charge in [-0.05, 0) is 33.0 Å². The van der Waals surface area contributed by atoms with Crippen molar-refractivity contribution in [1.29, 1.82) is 0 Å². The van der Waals surface area contributed by atoms with Gasteiger partial charge in [0.15, 0.2) is 0 Å². The first-order valence-electron chi connectivity index (χ1n) is 6.30. The van der Waals surface area contributed by atoms with Crippen LogP contribution in [0.1, 0.15) is 29.8 Å². The minimum atomic E-state index is -0.0772. The van der Waals surface area contributed by atoms with Crippen LogP contribution in [0.25, 0.3) is 0 Å². The summed E-state index contributed by atoms with van der Waals surface area (Å²) in [5.41, 5.74) is 6.89. The monoisotopic (exact) mass is 279 g/mol. The quantitative estimate of drug-likeness (QED) is 0.773. The number of rotatable bonds is 6. The summed E-state index contributed by atoms with van der Waals surface area (Å²) in [6.45, 7) is 5.70. The Labute approximate surface area is 120 Å². The van der Waals surface area contributed by atoms with Crippen LogP contribution in [-0.4, -0.2) is 42.0 Å². The smallest absolute Gasteiger partial charge is 0.251 e. The Bertz CT molecular complexity index is 443. The third kappa shape index (κ3) is 4.96. The van der Waals surface area contributed by atoms with E-state index in [1.54, 1.807) is 24.3 Å². The van der Waals surface area contributed by atoms with Crippen LogP contribution in [0.15, 0.2) is 24.3 Å². The highest BCUT2D eigenvalue weighted by Crippen LogP contribution is 2.04. The van der Waals surface area contributed by atoms with Gasteiger partial charge >= 0.3 is 0 Å². The molecule has 5 heteroatoms. The van der Waals surface area contributed by atoms with Crippen molar-refractivity contribution in [3.8, 4) is 0 Å². The second kappa shape index (κ2) is 7.21. The van der Waals surface area contributed by atoms with Crippen LogP contribution in [0.3, 0.4) is 0 Å². The highest BCUT2D eigenvalue weighted by Gasteiger charge is 2.07. The molecule has 19 heavy (non-hydrogen) atoms. The zero-order valence-corrected chi connectivity index (χ0v) is 12.5. The highest BCUT2D eigenvalue weighted by atomic mass is 32.1. The number of hydrogen-bond donors (Lipinski definition) is 2. The predicted molar refractivity (Wildman–Crippen MR) is 82.4 cm³/mol. The number of hydrogen-bond acceptors (Lipinski definition) is 3. The molecule has 0 bridgehead atoms. The molecule has 4 nitrogen and oxygen atoms in total. The van der Waals surface area contributed by atoms with Crippen LogP contribution < -0.4 is 11.1 Å².